The number of likely N-dealkylation sites (tertiary alicyclic amines) is 1. The fourth-order valence-electron chi connectivity index (χ4n) is 7.04. The number of ether oxygens (including phenoxy) is 1. The van der Waals surface area contributed by atoms with Crippen molar-refractivity contribution in [3.05, 3.63) is 41.6 Å². The van der Waals surface area contributed by atoms with E-state index in [1.807, 2.05) is 26.9 Å². The largest absolute Gasteiger partial charge is 0.482 e. The zero-order chi connectivity index (χ0) is 31.1. The maximum absolute atomic E-state index is 13.8. The third-order valence-corrected chi connectivity index (χ3v) is 10.5. The first-order valence-electron chi connectivity index (χ1n) is 14.9. The minimum Gasteiger partial charge on any atom is -0.482 e. The summed E-state index contributed by atoms with van der Waals surface area (Å²) in [7, 11) is -2.72. The molecule has 44 heavy (non-hydrogen) atoms. The molecule has 14 heteroatoms. The smallest absolute Gasteiger partial charge is 0.329 e. The number of amides is 1. The van der Waals surface area contributed by atoms with Crippen LogP contribution in [0.4, 0.5) is 14.6 Å². The number of halogens is 2. The Morgan fingerprint density at radius 1 is 1.16 bits per heavy atom. The number of sulfonamides is 1. The van der Waals surface area contributed by atoms with E-state index in [9.17, 15) is 22.0 Å². The Morgan fingerprint density at radius 2 is 1.93 bits per heavy atom. The predicted molar refractivity (Wildman–Crippen MR) is 161 cm³/mol. The molecule has 234 valence electrons. The zero-order valence-corrected chi connectivity index (χ0v) is 25.6. The van der Waals surface area contributed by atoms with Crippen LogP contribution in [0.25, 0.3) is 28.1 Å². The molecule has 4 aromatic rings. The van der Waals surface area contributed by atoms with Gasteiger partial charge in [-0.2, -0.15) is 13.1 Å². The summed E-state index contributed by atoms with van der Waals surface area (Å²) in [5.74, 6) is 0.723. The van der Waals surface area contributed by atoms with E-state index in [1.165, 1.54) is 6.07 Å². The number of hydrogen-bond acceptors (Lipinski definition) is 7. The van der Waals surface area contributed by atoms with Gasteiger partial charge in [0.2, 0.25) is 10.0 Å². The van der Waals surface area contributed by atoms with Gasteiger partial charge in [0.15, 0.2) is 5.88 Å². The van der Waals surface area contributed by atoms with Crippen molar-refractivity contribution in [3.63, 3.8) is 0 Å². The highest BCUT2D eigenvalue weighted by Gasteiger charge is 2.44. The monoisotopic (exact) mass is 627 g/mol. The number of imidazole rings is 1. The molecule has 1 unspecified atom stereocenters. The molecule has 2 bridgehead atoms. The van der Waals surface area contributed by atoms with E-state index in [-0.39, 0.29) is 28.1 Å². The Hall–Kier alpha value is -3.78. The first-order chi connectivity index (χ1) is 21.0. The number of anilines is 1. The molecule has 3 atom stereocenters. The van der Waals surface area contributed by atoms with Gasteiger partial charge in [-0.1, -0.05) is 6.42 Å². The number of methoxy groups -OCH3 is 1. The number of nitrogens with two attached hydrogens (primary N) is 1. The summed E-state index contributed by atoms with van der Waals surface area (Å²) in [4.78, 5) is 25.1. The molecule has 7 rings (SSSR count). The van der Waals surface area contributed by atoms with E-state index in [0.717, 1.165) is 49.7 Å². The number of aryl methyl sites for hydroxylation is 1. The van der Waals surface area contributed by atoms with Gasteiger partial charge in [0.1, 0.15) is 22.8 Å². The second kappa shape index (κ2) is 10.4. The molecule has 1 aliphatic heterocycles. The number of aromatic nitrogens is 4. The van der Waals surface area contributed by atoms with Gasteiger partial charge in [-0.15, -0.1) is 0 Å². The fourth-order valence-corrected chi connectivity index (χ4v) is 7.77. The predicted octanol–water partition coefficient (Wildman–Crippen LogP) is 4.02. The van der Waals surface area contributed by atoms with E-state index < -0.39 is 16.6 Å². The molecular formula is C30H35F2N7O4S. The van der Waals surface area contributed by atoms with Crippen molar-refractivity contribution >= 4 is 38.4 Å². The van der Waals surface area contributed by atoms with Crippen LogP contribution in [0.1, 0.15) is 48.2 Å². The maximum atomic E-state index is 13.8. The van der Waals surface area contributed by atoms with Crippen LogP contribution in [0.5, 0.6) is 5.88 Å². The van der Waals surface area contributed by atoms with Crippen LogP contribution >= 0.6 is 0 Å². The van der Waals surface area contributed by atoms with Crippen molar-refractivity contribution in [1.29, 1.82) is 0 Å². The van der Waals surface area contributed by atoms with Crippen molar-refractivity contribution in [3.8, 4) is 17.3 Å². The molecule has 1 amide bonds. The quantitative estimate of drug-likeness (QED) is 0.292. The summed E-state index contributed by atoms with van der Waals surface area (Å²) < 4.78 is 61.6. The molecule has 2 aliphatic carbocycles. The highest BCUT2D eigenvalue weighted by molar-refractivity contribution is 7.92. The van der Waals surface area contributed by atoms with Gasteiger partial charge in [-0.25, -0.2) is 18.4 Å². The third kappa shape index (κ3) is 4.69. The highest BCUT2D eigenvalue weighted by Crippen LogP contribution is 2.39. The van der Waals surface area contributed by atoms with Gasteiger partial charge in [0, 0.05) is 42.2 Å². The molecule has 11 nitrogen and oxygen atoms in total. The maximum Gasteiger partial charge on any atom is 0.329 e. The summed E-state index contributed by atoms with van der Waals surface area (Å²) in [5.41, 5.74) is 9.97. The average Bonchev–Trinajstić information content (AvgIpc) is 3.62. The molecule has 0 aromatic carbocycles. The zero-order valence-electron chi connectivity index (χ0n) is 24.8. The van der Waals surface area contributed by atoms with Crippen molar-refractivity contribution < 1.29 is 26.7 Å². The van der Waals surface area contributed by atoms with Gasteiger partial charge in [-0.05, 0) is 68.7 Å². The summed E-state index contributed by atoms with van der Waals surface area (Å²) in [6, 6.07) is 8.31. The number of alkyl halides is 2. The Balaban J connectivity index is 1.34. The molecule has 0 spiro atoms. The Kier molecular flexibility index (Phi) is 6.85. The summed E-state index contributed by atoms with van der Waals surface area (Å²) in [5, 5.41) is 0.669. The van der Waals surface area contributed by atoms with Gasteiger partial charge >= 0.3 is 6.55 Å². The van der Waals surface area contributed by atoms with Crippen molar-refractivity contribution in [2.45, 2.75) is 64.2 Å². The number of hydrogen-bond donors (Lipinski definition) is 1. The number of rotatable bonds is 8. The van der Waals surface area contributed by atoms with Crippen LogP contribution in [0.2, 0.25) is 0 Å². The lowest BCUT2D eigenvalue weighted by Crippen LogP contribution is -2.44. The molecule has 0 radical (unpaired) electrons. The fraction of sp³-hybridized carbons (Fsp3) is 0.500. The van der Waals surface area contributed by atoms with Crippen molar-refractivity contribution in [2.24, 2.45) is 17.6 Å². The van der Waals surface area contributed by atoms with Gasteiger partial charge in [-0.3, -0.25) is 9.20 Å². The molecule has 2 saturated carbocycles. The Labute approximate surface area is 253 Å². The van der Waals surface area contributed by atoms with E-state index >= 15 is 0 Å². The van der Waals surface area contributed by atoms with Crippen LogP contribution in [-0.2, 0) is 16.6 Å². The van der Waals surface area contributed by atoms with Gasteiger partial charge in [0.05, 0.1) is 24.8 Å². The number of nitrogens with zero attached hydrogens (tertiary/aromatic N) is 6. The van der Waals surface area contributed by atoms with Crippen LogP contribution < -0.4 is 14.8 Å². The molecule has 4 aromatic heterocycles. The van der Waals surface area contributed by atoms with E-state index in [2.05, 4.69) is 4.98 Å². The van der Waals surface area contributed by atoms with E-state index in [1.54, 1.807) is 25.3 Å². The molecule has 3 fully saturated rings. The molecule has 1 saturated heterocycles. The lowest BCUT2D eigenvalue weighted by atomic mass is 9.86. The molecular weight excluding hydrogens is 592 g/mol. The second-order valence-electron chi connectivity index (χ2n) is 12.3. The second-order valence-corrected chi connectivity index (χ2v) is 14.2. The standard InChI is InChI=1S/C30H35F2N7O4S/c1-16-27(22-11-18-9-10-23(39(30(31)32)44(3,41)42)35-28(18)36(22)14-17-7-8-17)34-24-12-20(13-25(43-2)38(16)24)29(40)37-15-19-5-4-6-21(37)26(19)33/h9-13,17,19,21,26,30H,4-8,14-15,33H2,1-3H3/t19-,21-,26?/m0/s1. The Bertz CT molecular complexity index is 1900. The van der Waals surface area contributed by atoms with Gasteiger partial charge in [0.25, 0.3) is 5.91 Å². The molecule has 5 heterocycles. The number of carbonyl (C=O) groups is 1. The van der Waals surface area contributed by atoms with E-state index in [4.69, 9.17) is 15.5 Å². The number of pyridine rings is 2. The third-order valence-electron chi connectivity index (χ3n) is 9.40. The van der Waals surface area contributed by atoms with Crippen molar-refractivity contribution in [1.82, 2.24) is 23.8 Å². The summed E-state index contributed by atoms with van der Waals surface area (Å²) in [6.45, 7) is -0.144. The summed E-state index contributed by atoms with van der Waals surface area (Å²) in [6.07, 6.45) is 5.78. The Morgan fingerprint density at radius 3 is 2.59 bits per heavy atom. The summed E-state index contributed by atoms with van der Waals surface area (Å²) >= 11 is 0. The SMILES string of the molecule is COc1cc(C(=O)N2C[C@@H]3CCC[C@H]2C3N)cc2nc(-c3cc4ccc(N(C(F)F)S(C)(=O)=O)nc4n3CC3CC3)c(C)n12. The minimum atomic E-state index is -4.27. The minimum absolute atomic E-state index is 0.00804. The average molecular weight is 628 g/mol. The number of carbonyl (C=O) groups excluding carboxylic acids is 1. The molecule has 3 aliphatic rings. The lowest BCUT2D eigenvalue weighted by Gasteiger charge is -2.29. The van der Waals surface area contributed by atoms with Crippen molar-refractivity contribution in [2.75, 3.05) is 24.2 Å². The number of fused-ring (bicyclic) bond motifs is 4. The highest BCUT2D eigenvalue weighted by atomic mass is 32.2. The lowest BCUT2D eigenvalue weighted by molar-refractivity contribution is 0.0726. The van der Waals surface area contributed by atoms with Gasteiger partial charge < -0.3 is 19.9 Å². The first-order valence-corrected chi connectivity index (χ1v) is 16.7. The topological polar surface area (TPSA) is 128 Å². The normalized spacial score (nSPS) is 22.0. The first kappa shape index (κ1) is 29.0. The molecule has 2 N–H and O–H groups in total. The van der Waals surface area contributed by atoms with Crippen LogP contribution in [0, 0.1) is 18.8 Å². The van der Waals surface area contributed by atoms with Crippen LogP contribution in [0.3, 0.4) is 0 Å². The van der Waals surface area contributed by atoms with Crippen LogP contribution in [-0.4, -0.2) is 76.7 Å². The van der Waals surface area contributed by atoms with E-state index in [0.29, 0.717) is 58.7 Å². The van der Waals surface area contributed by atoms with Crippen LogP contribution in [0.15, 0.2) is 30.3 Å².